The molecule has 3 rings (SSSR count). The number of carbonyl (C=O) groups excluding carboxylic acids is 2. The van der Waals surface area contributed by atoms with Crippen molar-refractivity contribution in [1.82, 2.24) is 20.4 Å². The molecular weight excluding hydrogens is 362 g/mol. The smallest absolute Gasteiger partial charge is 0.318 e. The Hall–Kier alpha value is -2.48. The van der Waals surface area contributed by atoms with Gasteiger partial charge in [0.15, 0.2) is 0 Å². The molecule has 1 aliphatic heterocycles. The van der Waals surface area contributed by atoms with E-state index in [1.807, 2.05) is 52.0 Å². The second-order valence-corrected chi connectivity index (χ2v) is 8.78. The molecule has 1 aliphatic rings. The number of aryl methyl sites for hydroxylation is 1. The average molecular weight is 388 g/mol. The minimum absolute atomic E-state index is 0.210. The number of urea groups is 1. The van der Waals surface area contributed by atoms with Gasteiger partial charge in [-0.2, -0.15) is 0 Å². The van der Waals surface area contributed by atoms with Crippen LogP contribution in [0.2, 0.25) is 0 Å². The van der Waals surface area contributed by atoms with E-state index in [1.165, 1.54) is 16.9 Å². The molecule has 0 unspecified atom stereocenters. The van der Waals surface area contributed by atoms with Gasteiger partial charge in [0.1, 0.15) is 11.0 Å². The van der Waals surface area contributed by atoms with Crippen molar-refractivity contribution in [2.45, 2.75) is 52.1 Å². The molecule has 3 amide bonds. The number of rotatable bonds is 3. The summed E-state index contributed by atoms with van der Waals surface area (Å²) in [6.45, 7) is 8.36. The predicted octanol–water partition coefficient (Wildman–Crippen LogP) is 3.42. The lowest BCUT2D eigenvalue weighted by atomic mass is 10.1. The summed E-state index contributed by atoms with van der Waals surface area (Å²) in [6.07, 6.45) is 1.45. The molecule has 0 saturated carbocycles. The molecule has 1 aromatic carbocycles. The lowest BCUT2D eigenvalue weighted by Crippen LogP contribution is -2.52. The number of aromatic nitrogens is 2. The van der Waals surface area contributed by atoms with Gasteiger partial charge < -0.3 is 10.2 Å². The standard InChI is InChI=1S/C19H25N5O2S/c1-12-7-9-13(10-8-12)16-22-23-17(27-16)20-15(25)14-6-5-11-24(14)18(26)21-19(2,3)4/h7-10,14H,5-6,11H2,1-4H3,(H,21,26)(H,20,23,25)/t14-/m1/s1. The molecule has 27 heavy (non-hydrogen) atoms. The van der Waals surface area contributed by atoms with Crippen molar-refractivity contribution in [1.29, 1.82) is 0 Å². The highest BCUT2D eigenvalue weighted by Gasteiger charge is 2.35. The topological polar surface area (TPSA) is 87.2 Å². The molecule has 1 atom stereocenters. The Labute approximate surface area is 163 Å². The minimum Gasteiger partial charge on any atom is -0.333 e. The van der Waals surface area contributed by atoms with Crippen LogP contribution in [0.3, 0.4) is 0 Å². The third-order valence-corrected chi connectivity index (χ3v) is 5.14. The van der Waals surface area contributed by atoms with E-state index < -0.39 is 6.04 Å². The third kappa shape index (κ3) is 4.82. The minimum atomic E-state index is -0.487. The Bertz CT molecular complexity index is 825. The molecule has 2 heterocycles. The number of anilines is 1. The van der Waals surface area contributed by atoms with E-state index in [9.17, 15) is 9.59 Å². The van der Waals surface area contributed by atoms with Crippen LogP contribution in [0, 0.1) is 6.92 Å². The Kier molecular flexibility index (Phi) is 5.46. The van der Waals surface area contributed by atoms with Crippen LogP contribution in [0.15, 0.2) is 24.3 Å². The number of benzene rings is 1. The molecule has 0 spiro atoms. The van der Waals surface area contributed by atoms with E-state index in [0.29, 0.717) is 18.1 Å². The van der Waals surface area contributed by atoms with Gasteiger partial charge in [-0.3, -0.25) is 10.1 Å². The van der Waals surface area contributed by atoms with E-state index in [0.717, 1.165) is 17.0 Å². The van der Waals surface area contributed by atoms with Gasteiger partial charge in [-0.15, -0.1) is 10.2 Å². The first-order valence-corrected chi connectivity index (χ1v) is 9.85. The van der Waals surface area contributed by atoms with Crippen molar-refractivity contribution in [3.05, 3.63) is 29.8 Å². The van der Waals surface area contributed by atoms with Crippen LogP contribution in [-0.4, -0.2) is 45.2 Å². The van der Waals surface area contributed by atoms with Crippen molar-refractivity contribution in [3.8, 4) is 10.6 Å². The van der Waals surface area contributed by atoms with Crippen molar-refractivity contribution in [2.24, 2.45) is 0 Å². The summed E-state index contributed by atoms with van der Waals surface area (Å²) in [6, 6.07) is 7.30. The molecule has 144 valence electrons. The highest BCUT2D eigenvalue weighted by atomic mass is 32.1. The van der Waals surface area contributed by atoms with Crippen LogP contribution in [0.4, 0.5) is 9.93 Å². The van der Waals surface area contributed by atoms with E-state index >= 15 is 0 Å². The molecule has 1 saturated heterocycles. The van der Waals surface area contributed by atoms with Gasteiger partial charge in [0.2, 0.25) is 11.0 Å². The normalized spacial score (nSPS) is 17.0. The number of nitrogens with one attached hydrogen (secondary N) is 2. The van der Waals surface area contributed by atoms with Crippen LogP contribution in [-0.2, 0) is 4.79 Å². The summed E-state index contributed by atoms with van der Waals surface area (Å²) < 4.78 is 0. The quantitative estimate of drug-likeness (QED) is 0.845. The maximum Gasteiger partial charge on any atom is 0.318 e. The highest BCUT2D eigenvalue weighted by Crippen LogP contribution is 2.27. The molecule has 0 bridgehead atoms. The maximum absolute atomic E-state index is 12.7. The highest BCUT2D eigenvalue weighted by molar-refractivity contribution is 7.18. The Morgan fingerprint density at radius 3 is 2.56 bits per heavy atom. The molecule has 8 heteroatoms. The van der Waals surface area contributed by atoms with Gasteiger partial charge >= 0.3 is 6.03 Å². The van der Waals surface area contributed by atoms with Gasteiger partial charge in [-0.05, 0) is 40.5 Å². The molecule has 0 aliphatic carbocycles. The Morgan fingerprint density at radius 1 is 1.19 bits per heavy atom. The van der Waals surface area contributed by atoms with E-state index in [1.54, 1.807) is 4.90 Å². The first-order valence-electron chi connectivity index (χ1n) is 9.03. The van der Waals surface area contributed by atoms with Gasteiger partial charge in [0.25, 0.3) is 0 Å². The summed E-state index contributed by atoms with van der Waals surface area (Å²) in [5, 5.41) is 15.2. The van der Waals surface area contributed by atoms with Gasteiger partial charge in [0, 0.05) is 17.6 Å². The monoisotopic (exact) mass is 387 g/mol. The van der Waals surface area contributed by atoms with E-state index in [2.05, 4.69) is 20.8 Å². The van der Waals surface area contributed by atoms with Crippen LogP contribution in [0.25, 0.3) is 10.6 Å². The molecule has 0 radical (unpaired) electrons. The van der Waals surface area contributed by atoms with Crippen LogP contribution in [0.5, 0.6) is 0 Å². The zero-order chi connectivity index (χ0) is 19.6. The van der Waals surface area contributed by atoms with Gasteiger partial charge in [-0.25, -0.2) is 4.79 Å². The lowest BCUT2D eigenvalue weighted by molar-refractivity contribution is -0.119. The molecule has 2 N–H and O–H groups in total. The fraction of sp³-hybridized carbons (Fsp3) is 0.474. The SMILES string of the molecule is Cc1ccc(-c2nnc(NC(=O)[C@H]3CCCN3C(=O)NC(C)(C)C)s2)cc1. The van der Waals surface area contributed by atoms with Crippen LogP contribution in [0.1, 0.15) is 39.2 Å². The zero-order valence-electron chi connectivity index (χ0n) is 16.1. The number of likely N-dealkylation sites (tertiary alicyclic amines) is 1. The number of amides is 3. The molecular formula is C19H25N5O2S. The zero-order valence-corrected chi connectivity index (χ0v) is 16.9. The Balaban J connectivity index is 1.66. The third-order valence-electron chi connectivity index (χ3n) is 4.25. The summed E-state index contributed by atoms with van der Waals surface area (Å²) in [5.74, 6) is -0.219. The van der Waals surface area contributed by atoms with Crippen molar-refractivity contribution >= 4 is 28.4 Å². The van der Waals surface area contributed by atoms with Crippen molar-refractivity contribution in [2.75, 3.05) is 11.9 Å². The summed E-state index contributed by atoms with van der Waals surface area (Å²) in [7, 11) is 0. The molecule has 1 fully saturated rings. The van der Waals surface area contributed by atoms with E-state index in [-0.39, 0.29) is 17.5 Å². The maximum atomic E-state index is 12.7. The van der Waals surface area contributed by atoms with Crippen molar-refractivity contribution < 1.29 is 9.59 Å². The van der Waals surface area contributed by atoms with Crippen LogP contribution < -0.4 is 10.6 Å². The summed E-state index contributed by atoms with van der Waals surface area (Å²) >= 11 is 1.33. The number of carbonyl (C=O) groups is 2. The second kappa shape index (κ2) is 7.64. The number of hydrogen-bond acceptors (Lipinski definition) is 5. The fourth-order valence-corrected chi connectivity index (χ4v) is 3.70. The first-order chi connectivity index (χ1) is 12.7. The Morgan fingerprint density at radius 2 is 1.89 bits per heavy atom. The lowest BCUT2D eigenvalue weighted by Gasteiger charge is -2.28. The first kappa shape index (κ1) is 19.3. The van der Waals surface area contributed by atoms with Crippen molar-refractivity contribution in [3.63, 3.8) is 0 Å². The molecule has 2 aromatic rings. The fourth-order valence-electron chi connectivity index (χ4n) is 2.95. The van der Waals surface area contributed by atoms with Gasteiger partial charge in [-0.1, -0.05) is 41.2 Å². The molecule has 7 nitrogen and oxygen atoms in total. The molecule has 1 aromatic heterocycles. The average Bonchev–Trinajstić information content (AvgIpc) is 3.23. The predicted molar refractivity (Wildman–Crippen MR) is 107 cm³/mol. The number of nitrogens with zero attached hydrogens (tertiary/aromatic N) is 3. The number of hydrogen-bond donors (Lipinski definition) is 2. The largest absolute Gasteiger partial charge is 0.333 e. The van der Waals surface area contributed by atoms with E-state index in [4.69, 9.17) is 0 Å². The van der Waals surface area contributed by atoms with Crippen LogP contribution >= 0.6 is 11.3 Å². The van der Waals surface area contributed by atoms with Gasteiger partial charge in [0.05, 0.1) is 0 Å². The summed E-state index contributed by atoms with van der Waals surface area (Å²) in [4.78, 5) is 26.7. The summed E-state index contributed by atoms with van der Waals surface area (Å²) in [5.41, 5.74) is 1.79. The second-order valence-electron chi connectivity index (χ2n) is 7.80.